The van der Waals surface area contributed by atoms with Crippen LogP contribution in [0.25, 0.3) is 0 Å². The molecular weight excluding hydrogens is 410 g/mol. The predicted octanol–water partition coefficient (Wildman–Crippen LogP) is 3.93. The molecule has 0 saturated heterocycles. The Morgan fingerprint density at radius 1 is 0.875 bits per heavy atom. The van der Waals surface area contributed by atoms with Crippen LogP contribution in [-0.2, 0) is 4.79 Å². The van der Waals surface area contributed by atoms with Crippen molar-refractivity contribution in [2.24, 2.45) is 5.92 Å². The summed E-state index contributed by atoms with van der Waals surface area (Å²) < 4.78 is 10.2. The zero-order valence-corrected chi connectivity index (χ0v) is 18.0. The molecule has 0 radical (unpaired) electrons. The van der Waals surface area contributed by atoms with E-state index in [9.17, 15) is 14.4 Å². The second-order valence-corrected chi connectivity index (χ2v) is 7.39. The first kappa shape index (κ1) is 22.6. The van der Waals surface area contributed by atoms with Crippen LogP contribution in [0.1, 0.15) is 34.8 Å². The molecule has 0 unspecified atom stereocenters. The molecule has 2 aromatic carbocycles. The molecule has 1 heterocycles. The first-order valence-electron chi connectivity index (χ1n) is 10.1. The largest absolute Gasteiger partial charge is 0.497 e. The minimum atomic E-state index is -0.793. The third-order valence-corrected chi connectivity index (χ3v) is 4.76. The topological polar surface area (TPSA) is 110 Å². The highest BCUT2D eigenvalue weighted by molar-refractivity contribution is 6.09. The van der Waals surface area contributed by atoms with E-state index in [0.717, 1.165) is 0 Å². The van der Waals surface area contributed by atoms with Crippen LogP contribution in [0.4, 0.5) is 11.4 Å². The summed E-state index contributed by atoms with van der Waals surface area (Å²) in [6.45, 7) is 3.67. The van der Waals surface area contributed by atoms with Gasteiger partial charge in [0.1, 0.15) is 11.8 Å². The highest BCUT2D eigenvalue weighted by Gasteiger charge is 2.26. The molecule has 8 heteroatoms. The Kier molecular flexibility index (Phi) is 7.28. The summed E-state index contributed by atoms with van der Waals surface area (Å²) in [6.07, 6.45) is 1.39. The Bertz CT molecular complexity index is 1080. The summed E-state index contributed by atoms with van der Waals surface area (Å²) in [4.78, 5) is 38.2. The Morgan fingerprint density at radius 3 is 2.22 bits per heavy atom. The van der Waals surface area contributed by atoms with Crippen molar-refractivity contribution in [3.63, 3.8) is 0 Å². The van der Waals surface area contributed by atoms with Crippen molar-refractivity contribution in [1.29, 1.82) is 0 Å². The Morgan fingerprint density at radius 2 is 1.59 bits per heavy atom. The number of hydrogen-bond acceptors (Lipinski definition) is 5. The fourth-order valence-corrected chi connectivity index (χ4v) is 3.03. The van der Waals surface area contributed by atoms with Crippen molar-refractivity contribution in [2.45, 2.75) is 19.9 Å². The van der Waals surface area contributed by atoms with Crippen LogP contribution in [-0.4, -0.2) is 30.9 Å². The number of ether oxygens (including phenoxy) is 1. The third kappa shape index (κ3) is 5.54. The van der Waals surface area contributed by atoms with E-state index in [1.54, 1.807) is 61.7 Å². The molecule has 1 aromatic heterocycles. The number of para-hydroxylation sites is 1. The molecule has 0 saturated carbocycles. The maximum Gasteiger partial charge on any atom is 0.291 e. The van der Waals surface area contributed by atoms with E-state index in [2.05, 4.69) is 16.0 Å². The van der Waals surface area contributed by atoms with E-state index < -0.39 is 17.9 Å². The van der Waals surface area contributed by atoms with Crippen molar-refractivity contribution in [3.05, 3.63) is 78.3 Å². The van der Waals surface area contributed by atoms with Crippen molar-refractivity contribution < 1.29 is 23.5 Å². The molecule has 0 bridgehead atoms. The number of amides is 3. The summed E-state index contributed by atoms with van der Waals surface area (Å²) in [5, 5.41) is 8.25. The van der Waals surface area contributed by atoms with Gasteiger partial charge in [-0.3, -0.25) is 14.4 Å². The van der Waals surface area contributed by atoms with Crippen LogP contribution in [0.5, 0.6) is 5.75 Å². The Labute approximate surface area is 186 Å². The smallest absolute Gasteiger partial charge is 0.291 e. The number of hydrogen-bond donors (Lipinski definition) is 3. The lowest BCUT2D eigenvalue weighted by Gasteiger charge is -2.22. The van der Waals surface area contributed by atoms with Crippen LogP contribution in [0, 0.1) is 5.92 Å². The maximum atomic E-state index is 13.0. The molecule has 0 aliphatic heterocycles. The zero-order valence-electron chi connectivity index (χ0n) is 18.0. The van der Waals surface area contributed by atoms with E-state index >= 15 is 0 Å². The highest BCUT2D eigenvalue weighted by atomic mass is 16.5. The second kappa shape index (κ2) is 10.3. The van der Waals surface area contributed by atoms with Gasteiger partial charge in [-0.15, -0.1) is 0 Å². The minimum absolute atomic E-state index is 0.124. The quantitative estimate of drug-likeness (QED) is 0.497. The summed E-state index contributed by atoms with van der Waals surface area (Å²) >= 11 is 0. The SMILES string of the molecule is COc1ccc(NC(=O)[C@H](NC(=O)c2ccccc2NC(=O)c2ccco2)C(C)C)cc1. The third-order valence-electron chi connectivity index (χ3n) is 4.76. The molecule has 0 aliphatic carbocycles. The monoisotopic (exact) mass is 435 g/mol. The molecule has 3 N–H and O–H groups in total. The molecule has 166 valence electrons. The van der Waals surface area contributed by atoms with Crippen LogP contribution in [0.2, 0.25) is 0 Å². The van der Waals surface area contributed by atoms with Crippen LogP contribution in [0.15, 0.2) is 71.3 Å². The van der Waals surface area contributed by atoms with Crippen molar-refractivity contribution in [1.82, 2.24) is 5.32 Å². The first-order chi connectivity index (χ1) is 15.4. The number of methoxy groups -OCH3 is 1. The Hall–Kier alpha value is -4.07. The van der Waals surface area contributed by atoms with Gasteiger partial charge in [0.15, 0.2) is 5.76 Å². The zero-order chi connectivity index (χ0) is 23.1. The number of furan rings is 1. The van der Waals surface area contributed by atoms with E-state index in [0.29, 0.717) is 17.1 Å². The van der Waals surface area contributed by atoms with Gasteiger partial charge in [0.2, 0.25) is 5.91 Å². The Balaban J connectivity index is 1.73. The van der Waals surface area contributed by atoms with Gasteiger partial charge in [0.25, 0.3) is 11.8 Å². The summed E-state index contributed by atoms with van der Waals surface area (Å²) in [5.41, 5.74) is 1.13. The lowest BCUT2D eigenvalue weighted by molar-refractivity contribution is -0.118. The standard InChI is InChI=1S/C24H25N3O5/c1-15(2)21(24(30)25-16-10-12-17(31-3)13-11-16)27-22(28)18-7-4-5-8-19(18)26-23(29)20-9-6-14-32-20/h4-15,21H,1-3H3,(H,25,30)(H,26,29)(H,27,28)/t21-/m1/s1. The number of rotatable bonds is 8. The number of carbonyl (C=O) groups excluding carboxylic acids is 3. The minimum Gasteiger partial charge on any atom is -0.497 e. The molecular formula is C24H25N3O5. The van der Waals surface area contributed by atoms with Crippen LogP contribution in [0.3, 0.4) is 0 Å². The molecule has 3 aromatic rings. The molecule has 3 rings (SSSR count). The number of benzene rings is 2. The average Bonchev–Trinajstić information content (AvgIpc) is 3.33. The van der Waals surface area contributed by atoms with Crippen LogP contribution < -0.4 is 20.7 Å². The van der Waals surface area contributed by atoms with Gasteiger partial charge in [0, 0.05) is 5.69 Å². The van der Waals surface area contributed by atoms with Gasteiger partial charge < -0.3 is 25.1 Å². The highest BCUT2D eigenvalue weighted by Crippen LogP contribution is 2.19. The lowest BCUT2D eigenvalue weighted by Crippen LogP contribution is -2.47. The van der Waals surface area contributed by atoms with E-state index in [4.69, 9.17) is 9.15 Å². The van der Waals surface area contributed by atoms with Gasteiger partial charge >= 0.3 is 0 Å². The summed E-state index contributed by atoms with van der Waals surface area (Å²) in [7, 11) is 1.56. The summed E-state index contributed by atoms with van der Waals surface area (Å²) in [5.74, 6) is -0.696. The molecule has 8 nitrogen and oxygen atoms in total. The normalized spacial score (nSPS) is 11.5. The van der Waals surface area contributed by atoms with Gasteiger partial charge in [0.05, 0.1) is 24.6 Å². The predicted molar refractivity (Wildman–Crippen MR) is 121 cm³/mol. The fourth-order valence-electron chi connectivity index (χ4n) is 3.03. The lowest BCUT2D eigenvalue weighted by atomic mass is 10.0. The molecule has 3 amide bonds. The van der Waals surface area contributed by atoms with Crippen molar-refractivity contribution in [3.8, 4) is 5.75 Å². The van der Waals surface area contributed by atoms with Gasteiger partial charge in [-0.2, -0.15) is 0 Å². The van der Waals surface area contributed by atoms with E-state index in [1.165, 1.54) is 12.3 Å². The van der Waals surface area contributed by atoms with Gasteiger partial charge in [-0.1, -0.05) is 26.0 Å². The maximum absolute atomic E-state index is 13.0. The second-order valence-electron chi connectivity index (χ2n) is 7.39. The fraction of sp³-hybridized carbons (Fsp3) is 0.208. The van der Waals surface area contributed by atoms with Gasteiger partial charge in [-0.25, -0.2) is 0 Å². The van der Waals surface area contributed by atoms with Crippen molar-refractivity contribution >= 4 is 29.1 Å². The molecule has 32 heavy (non-hydrogen) atoms. The molecule has 0 fully saturated rings. The average molecular weight is 435 g/mol. The molecule has 1 atom stereocenters. The molecule has 0 aliphatic rings. The summed E-state index contributed by atoms with van der Waals surface area (Å²) in [6, 6.07) is 15.8. The number of nitrogens with one attached hydrogen (secondary N) is 3. The van der Waals surface area contributed by atoms with Crippen LogP contribution >= 0.6 is 0 Å². The number of carbonyl (C=O) groups is 3. The van der Waals surface area contributed by atoms with E-state index in [-0.39, 0.29) is 23.1 Å². The van der Waals surface area contributed by atoms with Crippen molar-refractivity contribution in [2.75, 3.05) is 17.7 Å². The molecule has 0 spiro atoms. The van der Waals surface area contributed by atoms with Gasteiger partial charge in [-0.05, 0) is 54.4 Å². The van der Waals surface area contributed by atoms with E-state index in [1.807, 2.05) is 13.8 Å². The number of anilines is 2. The first-order valence-corrected chi connectivity index (χ1v) is 10.1.